The summed E-state index contributed by atoms with van der Waals surface area (Å²) in [5, 5.41) is 3.67. The molecule has 0 fully saturated rings. The topological polar surface area (TPSA) is 78.2 Å². The van der Waals surface area contributed by atoms with E-state index in [0.29, 0.717) is 32.9 Å². The molecule has 0 radical (unpaired) electrons. The van der Waals surface area contributed by atoms with E-state index in [2.05, 4.69) is 10.3 Å². The van der Waals surface area contributed by atoms with E-state index in [4.69, 9.17) is 16.3 Å². The number of carbonyl (C=O) groups is 1. The minimum Gasteiger partial charge on any atom is -0.497 e. The van der Waals surface area contributed by atoms with Gasteiger partial charge in [-0.2, -0.15) is 0 Å². The van der Waals surface area contributed by atoms with Gasteiger partial charge < -0.3 is 14.6 Å². The number of hydrogen-bond donors (Lipinski definition) is 1. The van der Waals surface area contributed by atoms with E-state index < -0.39 is 5.82 Å². The van der Waals surface area contributed by atoms with Gasteiger partial charge in [-0.25, -0.2) is 9.37 Å². The largest absolute Gasteiger partial charge is 0.497 e. The number of ether oxygens (including phenoxy) is 1. The maximum absolute atomic E-state index is 14.1. The van der Waals surface area contributed by atoms with Crippen LogP contribution in [0.2, 0.25) is 5.02 Å². The third-order valence-electron chi connectivity index (χ3n) is 6.00. The molecular weight excluding hydrogens is 483 g/mol. The van der Waals surface area contributed by atoms with Crippen molar-refractivity contribution >= 4 is 45.1 Å². The Hall–Kier alpha value is -4.17. The Labute approximate surface area is 210 Å². The Balaban J connectivity index is 1.57. The summed E-state index contributed by atoms with van der Waals surface area (Å²) < 4.78 is 22.3. The highest BCUT2D eigenvalue weighted by Gasteiger charge is 2.19. The van der Waals surface area contributed by atoms with Crippen LogP contribution >= 0.6 is 11.6 Å². The number of amides is 1. The van der Waals surface area contributed by atoms with E-state index >= 15 is 0 Å². The molecule has 1 amide bonds. The van der Waals surface area contributed by atoms with Crippen LogP contribution in [0.15, 0.2) is 71.8 Å². The molecule has 0 atom stereocenters. The van der Waals surface area contributed by atoms with E-state index in [1.807, 2.05) is 37.3 Å². The molecule has 0 aliphatic heterocycles. The Morgan fingerprint density at radius 3 is 2.61 bits per heavy atom. The molecule has 5 aromatic rings. The van der Waals surface area contributed by atoms with Crippen LogP contribution in [0.4, 0.5) is 10.1 Å². The SMILES string of the molecule is COc1ccc(Cn2cnc3c4cc(F)ccc4n(CC(=O)Nc4ccc(C)cc4Cl)c3c2=O)cc1. The van der Waals surface area contributed by atoms with Crippen LogP contribution < -0.4 is 15.6 Å². The maximum atomic E-state index is 14.1. The third-order valence-corrected chi connectivity index (χ3v) is 6.31. The highest BCUT2D eigenvalue weighted by Crippen LogP contribution is 2.27. The molecule has 3 aromatic carbocycles. The van der Waals surface area contributed by atoms with E-state index in [0.717, 1.165) is 11.1 Å². The lowest BCUT2D eigenvalue weighted by Gasteiger charge is -2.11. The molecule has 0 spiro atoms. The van der Waals surface area contributed by atoms with Crippen molar-refractivity contribution in [2.45, 2.75) is 20.0 Å². The first-order valence-corrected chi connectivity index (χ1v) is 11.6. The minimum absolute atomic E-state index is 0.181. The van der Waals surface area contributed by atoms with Gasteiger partial charge in [0.2, 0.25) is 5.91 Å². The summed E-state index contributed by atoms with van der Waals surface area (Å²) in [6, 6.07) is 16.8. The third kappa shape index (κ3) is 4.43. The van der Waals surface area contributed by atoms with Crippen LogP contribution in [0.25, 0.3) is 21.9 Å². The van der Waals surface area contributed by atoms with Crippen molar-refractivity contribution in [3.8, 4) is 5.75 Å². The lowest BCUT2D eigenvalue weighted by molar-refractivity contribution is -0.116. The Morgan fingerprint density at radius 1 is 1.11 bits per heavy atom. The summed E-state index contributed by atoms with van der Waals surface area (Å²) in [4.78, 5) is 31.1. The predicted octanol–water partition coefficient (Wildman–Crippen LogP) is 5.15. The summed E-state index contributed by atoms with van der Waals surface area (Å²) in [7, 11) is 1.59. The van der Waals surface area contributed by atoms with E-state index in [9.17, 15) is 14.0 Å². The van der Waals surface area contributed by atoms with Crippen LogP contribution in [0.1, 0.15) is 11.1 Å². The quantitative estimate of drug-likeness (QED) is 0.347. The zero-order valence-corrected chi connectivity index (χ0v) is 20.3. The van der Waals surface area contributed by atoms with Crippen molar-refractivity contribution < 1.29 is 13.9 Å². The number of aromatic nitrogens is 3. The first-order chi connectivity index (χ1) is 17.3. The number of halogens is 2. The number of nitrogens with zero attached hydrogens (tertiary/aromatic N) is 3. The average Bonchev–Trinajstić information content (AvgIpc) is 3.16. The van der Waals surface area contributed by atoms with Crippen molar-refractivity contribution in [3.05, 3.63) is 99.3 Å². The van der Waals surface area contributed by atoms with Crippen LogP contribution in [0.5, 0.6) is 5.75 Å². The number of nitrogens with one attached hydrogen (secondary N) is 1. The van der Waals surface area contributed by atoms with Gasteiger partial charge in [0, 0.05) is 5.39 Å². The predicted molar refractivity (Wildman–Crippen MR) is 138 cm³/mol. The fraction of sp³-hybridized carbons (Fsp3) is 0.148. The molecule has 0 aliphatic rings. The highest BCUT2D eigenvalue weighted by molar-refractivity contribution is 6.33. The molecular formula is C27H22ClFN4O3. The highest BCUT2D eigenvalue weighted by atomic mass is 35.5. The van der Waals surface area contributed by atoms with Gasteiger partial charge in [0.15, 0.2) is 0 Å². The molecule has 36 heavy (non-hydrogen) atoms. The summed E-state index contributed by atoms with van der Waals surface area (Å²) in [5.74, 6) is -0.128. The van der Waals surface area contributed by atoms with Gasteiger partial charge >= 0.3 is 0 Å². The fourth-order valence-corrected chi connectivity index (χ4v) is 4.51. The monoisotopic (exact) mass is 504 g/mol. The Morgan fingerprint density at radius 2 is 1.89 bits per heavy atom. The van der Waals surface area contributed by atoms with E-state index in [-0.39, 0.29) is 30.1 Å². The summed E-state index contributed by atoms with van der Waals surface area (Å²) in [6.07, 6.45) is 1.44. The van der Waals surface area contributed by atoms with E-state index in [1.54, 1.807) is 29.9 Å². The molecule has 0 bridgehead atoms. The molecule has 9 heteroatoms. The van der Waals surface area contributed by atoms with Crippen LogP contribution in [-0.4, -0.2) is 27.1 Å². The zero-order valence-electron chi connectivity index (χ0n) is 19.6. The molecule has 0 saturated heterocycles. The van der Waals surface area contributed by atoms with Gasteiger partial charge in [-0.3, -0.25) is 14.2 Å². The lowest BCUT2D eigenvalue weighted by Crippen LogP contribution is -2.25. The van der Waals surface area contributed by atoms with E-state index in [1.165, 1.54) is 23.0 Å². The van der Waals surface area contributed by atoms with Gasteiger partial charge in [-0.05, 0) is 60.5 Å². The molecule has 5 rings (SSSR count). The zero-order chi connectivity index (χ0) is 25.4. The number of anilines is 1. The van der Waals surface area contributed by atoms with Gasteiger partial charge in [0.05, 0.1) is 36.2 Å². The van der Waals surface area contributed by atoms with Gasteiger partial charge in [-0.15, -0.1) is 0 Å². The number of benzene rings is 3. The normalized spacial score (nSPS) is 11.2. The Bertz CT molecular complexity index is 1680. The number of aryl methyl sites for hydroxylation is 1. The first-order valence-electron chi connectivity index (χ1n) is 11.2. The van der Waals surface area contributed by atoms with Crippen LogP contribution in [-0.2, 0) is 17.9 Å². The minimum atomic E-state index is -0.457. The number of fused-ring (bicyclic) bond motifs is 3. The lowest BCUT2D eigenvalue weighted by atomic mass is 10.2. The summed E-state index contributed by atoms with van der Waals surface area (Å²) >= 11 is 6.27. The van der Waals surface area contributed by atoms with Crippen LogP contribution in [0, 0.1) is 12.7 Å². The maximum Gasteiger partial charge on any atom is 0.278 e. The molecule has 0 saturated carbocycles. The number of carbonyl (C=O) groups excluding carboxylic acids is 1. The molecule has 0 unspecified atom stereocenters. The number of methoxy groups -OCH3 is 1. The Kier molecular flexibility index (Phi) is 6.20. The van der Waals surface area contributed by atoms with Gasteiger partial charge in [-0.1, -0.05) is 29.8 Å². The van der Waals surface area contributed by atoms with Crippen molar-refractivity contribution in [1.82, 2.24) is 14.1 Å². The molecule has 182 valence electrons. The summed E-state index contributed by atoms with van der Waals surface area (Å²) in [6.45, 7) is 1.99. The van der Waals surface area contributed by atoms with Crippen molar-refractivity contribution in [1.29, 1.82) is 0 Å². The number of hydrogen-bond acceptors (Lipinski definition) is 4. The number of rotatable bonds is 6. The van der Waals surface area contributed by atoms with Crippen LogP contribution in [0.3, 0.4) is 0 Å². The summed E-state index contributed by atoms with van der Waals surface area (Å²) in [5.41, 5.74) is 3.05. The first kappa shape index (κ1) is 23.6. The molecule has 1 N–H and O–H groups in total. The molecule has 2 aromatic heterocycles. The smallest absolute Gasteiger partial charge is 0.278 e. The van der Waals surface area contributed by atoms with Crippen molar-refractivity contribution in [2.24, 2.45) is 0 Å². The molecule has 0 aliphatic carbocycles. The van der Waals surface area contributed by atoms with Crippen molar-refractivity contribution in [3.63, 3.8) is 0 Å². The second kappa shape index (κ2) is 9.47. The molecule has 2 heterocycles. The second-order valence-electron chi connectivity index (χ2n) is 8.50. The van der Waals surface area contributed by atoms with Crippen molar-refractivity contribution in [2.75, 3.05) is 12.4 Å². The average molecular weight is 505 g/mol. The standard InChI is InChI=1S/C27H22ClFN4O3/c1-16-3-9-22(21(28)11-16)31-24(34)14-33-23-10-6-18(29)12-20(23)25-26(33)27(35)32(15-30-25)13-17-4-7-19(36-2)8-5-17/h3-12,15H,13-14H2,1-2H3,(H,31,34). The van der Waals surface area contributed by atoms with Gasteiger partial charge in [0.1, 0.15) is 29.1 Å². The fourth-order valence-electron chi connectivity index (χ4n) is 4.23. The van der Waals surface area contributed by atoms with Gasteiger partial charge in [0.25, 0.3) is 5.56 Å². The second-order valence-corrected chi connectivity index (χ2v) is 8.91. The molecule has 7 nitrogen and oxygen atoms in total.